The first-order valence-electron chi connectivity index (χ1n) is 5.52. The SMILES string of the molecule is CCN1c2ccccc2C[C@H](C)[C@@H]1C#N. The summed E-state index contributed by atoms with van der Waals surface area (Å²) in [4.78, 5) is 2.21. The highest BCUT2D eigenvalue weighted by molar-refractivity contribution is 5.58. The Bertz CT molecular complexity index is 392. The average Bonchev–Trinajstić information content (AvgIpc) is 2.27. The zero-order valence-electron chi connectivity index (χ0n) is 9.27. The van der Waals surface area contributed by atoms with Crippen LogP contribution in [0.5, 0.6) is 0 Å². The molecule has 0 amide bonds. The molecule has 0 unspecified atom stereocenters. The Morgan fingerprint density at radius 2 is 2.20 bits per heavy atom. The van der Waals surface area contributed by atoms with Crippen LogP contribution in [0, 0.1) is 17.2 Å². The Hall–Kier alpha value is -1.49. The summed E-state index contributed by atoms with van der Waals surface area (Å²) in [5.74, 6) is 0.421. The van der Waals surface area contributed by atoms with Gasteiger partial charge in [-0.25, -0.2) is 0 Å². The molecule has 0 N–H and O–H groups in total. The quantitative estimate of drug-likeness (QED) is 0.696. The lowest BCUT2D eigenvalue weighted by Crippen LogP contribution is -2.43. The molecule has 15 heavy (non-hydrogen) atoms. The Kier molecular flexibility index (Phi) is 2.64. The van der Waals surface area contributed by atoms with E-state index in [2.05, 4.69) is 43.0 Å². The highest BCUT2D eigenvalue weighted by atomic mass is 15.2. The van der Waals surface area contributed by atoms with Crippen LogP contribution >= 0.6 is 0 Å². The van der Waals surface area contributed by atoms with Crippen molar-refractivity contribution in [2.45, 2.75) is 26.3 Å². The van der Waals surface area contributed by atoms with E-state index in [4.69, 9.17) is 0 Å². The number of hydrogen-bond donors (Lipinski definition) is 0. The van der Waals surface area contributed by atoms with E-state index >= 15 is 0 Å². The first kappa shape index (κ1) is 10.0. The van der Waals surface area contributed by atoms with Gasteiger partial charge < -0.3 is 4.90 Å². The maximum Gasteiger partial charge on any atom is 0.119 e. The van der Waals surface area contributed by atoms with Gasteiger partial charge in [0.05, 0.1) is 6.07 Å². The van der Waals surface area contributed by atoms with E-state index in [1.807, 2.05) is 6.07 Å². The number of benzene rings is 1. The third-order valence-electron chi connectivity index (χ3n) is 3.19. The second-order valence-corrected chi connectivity index (χ2v) is 4.17. The summed E-state index contributed by atoms with van der Waals surface area (Å²) < 4.78 is 0. The zero-order chi connectivity index (χ0) is 10.8. The topological polar surface area (TPSA) is 27.0 Å². The minimum atomic E-state index is 0.0323. The molecule has 0 saturated heterocycles. The van der Waals surface area contributed by atoms with Gasteiger partial charge in [-0.2, -0.15) is 5.26 Å². The van der Waals surface area contributed by atoms with E-state index in [1.165, 1.54) is 11.3 Å². The van der Waals surface area contributed by atoms with Crippen LogP contribution in [0.1, 0.15) is 19.4 Å². The van der Waals surface area contributed by atoms with Crippen LogP contribution in [0.25, 0.3) is 0 Å². The molecule has 0 radical (unpaired) electrons. The van der Waals surface area contributed by atoms with Gasteiger partial charge in [0.2, 0.25) is 0 Å². The van der Waals surface area contributed by atoms with Gasteiger partial charge in [0.1, 0.15) is 6.04 Å². The molecule has 1 heterocycles. The lowest BCUT2D eigenvalue weighted by Gasteiger charge is -2.38. The Labute approximate surface area is 91.1 Å². The number of nitrogens with zero attached hydrogens (tertiary/aromatic N) is 2. The monoisotopic (exact) mass is 200 g/mol. The first-order valence-corrected chi connectivity index (χ1v) is 5.52. The van der Waals surface area contributed by atoms with Gasteiger partial charge in [0.15, 0.2) is 0 Å². The molecular weight excluding hydrogens is 184 g/mol. The van der Waals surface area contributed by atoms with Crippen molar-refractivity contribution in [1.82, 2.24) is 0 Å². The van der Waals surface area contributed by atoms with Crippen LogP contribution < -0.4 is 4.90 Å². The molecule has 0 fully saturated rings. The minimum absolute atomic E-state index is 0.0323. The predicted molar refractivity (Wildman–Crippen MR) is 61.7 cm³/mol. The Balaban J connectivity index is 2.45. The first-order chi connectivity index (χ1) is 7.27. The molecular formula is C13H16N2. The van der Waals surface area contributed by atoms with Gasteiger partial charge in [-0.3, -0.25) is 0 Å². The molecule has 2 atom stereocenters. The predicted octanol–water partition coefficient (Wildman–Crippen LogP) is 2.60. The molecule has 1 aromatic rings. The molecule has 0 spiro atoms. The van der Waals surface area contributed by atoms with Gasteiger partial charge >= 0.3 is 0 Å². The number of fused-ring (bicyclic) bond motifs is 1. The summed E-state index contributed by atoms with van der Waals surface area (Å²) in [5.41, 5.74) is 2.61. The Morgan fingerprint density at radius 3 is 2.87 bits per heavy atom. The van der Waals surface area contributed by atoms with Gasteiger partial charge in [0.25, 0.3) is 0 Å². The van der Waals surface area contributed by atoms with Crippen molar-refractivity contribution >= 4 is 5.69 Å². The average molecular weight is 200 g/mol. The van der Waals surface area contributed by atoms with Gasteiger partial charge in [-0.05, 0) is 30.9 Å². The van der Waals surface area contributed by atoms with Crippen LogP contribution in [0.4, 0.5) is 5.69 Å². The Morgan fingerprint density at radius 1 is 1.47 bits per heavy atom. The molecule has 0 saturated carbocycles. The fourth-order valence-corrected chi connectivity index (χ4v) is 2.44. The molecule has 2 heteroatoms. The number of nitriles is 1. The van der Waals surface area contributed by atoms with Crippen LogP contribution in [0.2, 0.25) is 0 Å². The zero-order valence-corrected chi connectivity index (χ0v) is 9.27. The van der Waals surface area contributed by atoms with E-state index in [0.717, 1.165) is 13.0 Å². The lowest BCUT2D eigenvalue weighted by molar-refractivity contribution is 0.470. The second kappa shape index (κ2) is 3.94. The molecule has 78 valence electrons. The van der Waals surface area contributed by atoms with Crippen molar-refractivity contribution in [3.05, 3.63) is 29.8 Å². The highest BCUT2D eigenvalue weighted by Gasteiger charge is 2.30. The third kappa shape index (κ3) is 1.59. The standard InChI is InChI=1S/C13H16N2/c1-3-15-12-7-5-4-6-11(12)8-10(2)13(15)9-14/h4-7,10,13H,3,8H2,1-2H3/t10-,13-/m0/s1. The lowest BCUT2D eigenvalue weighted by atomic mass is 9.87. The molecule has 2 nitrogen and oxygen atoms in total. The van der Waals surface area contributed by atoms with Crippen molar-refractivity contribution in [2.75, 3.05) is 11.4 Å². The summed E-state index contributed by atoms with van der Waals surface area (Å²) in [6, 6.07) is 10.9. The fraction of sp³-hybridized carbons (Fsp3) is 0.462. The van der Waals surface area contributed by atoms with Crippen molar-refractivity contribution in [2.24, 2.45) is 5.92 Å². The van der Waals surface area contributed by atoms with E-state index in [1.54, 1.807) is 0 Å². The summed E-state index contributed by atoms with van der Waals surface area (Å²) in [7, 11) is 0. The summed E-state index contributed by atoms with van der Waals surface area (Å²) in [6.45, 7) is 5.17. The van der Waals surface area contributed by atoms with E-state index in [9.17, 15) is 5.26 Å². The smallest absolute Gasteiger partial charge is 0.119 e. The van der Waals surface area contributed by atoms with Crippen molar-refractivity contribution in [3.8, 4) is 6.07 Å². The second-order valence-electron chi connectivity index (χ2n) is 4.17. The number of anilines is 1. The number of rotatable bonds is 1. The van der Waals surface area contributed by atoms with E-state index < -0.39 is 0 Å². The minimum Gasteiger partial charge on any atom is -0.356 e. The van der Waals surface area contributed by atoms with E-state index in [-0.39, 0.29) is 6.04 Å². The number of para-hydroxylation sites is 1. The summed E-state index contributed by atoms with van der Waals surface area (Å²) >= 11 is 0. The van der Waals surface area contributed by atoms with Crippen LogP contribution in [0.15, 0.2) is 24.3 Å². The molecule has 0 bridgehead atoms. The van der Waals surface area contributed by atoms with Crippen LogP contribution in [-0.4, -0.2) is 12.6 Å². The molecule has 1 aromatic carbocycles. The molecule has 0 aliphatic carbocycles. The summed E-state index contributed by atoms with van der Waals surface area (Å²) in [5, 5.41) is 9.20. The van der Waals surface area contributed by atoms with Gasteiger partial charge in [0, 0.05) is 12.2 Å². The van der Waals surface area contributed by atoms with Crippen LogP contribution in [-0.2, 0) is 6.42 Å². The van der Waals surface area contributed by atoms with Gasteiger partial charge in [-0.1, -0.05) is 25.1 Å². The van der Waals surface area contributed by atoms with Crippen molar-refractivity contribution in [1.29, 1.82) is 5.26 Å². The van der Waals surface area contributed by atoms with Crippen LogP contribution in [0.3, 0.4) is 0 Å². The molecule has 0 aromatic heterocycles. The van der Waals surface area contributed by atoms with Crippen molar-refractivity contribution < 1.29 is 0 Å². The maximum absolute atomic E-state index is 9.20. The fourth-order valence-electron chi connectivity index (χ4n) is 2.44. The highest BCUT2D eigenvalue weighted by Crippen LogP contribution is 2.32. The molecule has 1 aliphatic rings. The van der Waals surface area contributed by atoms with Crippen molar-refractivity contribution in [3.63, 3.8) is 0 Å². The third-order valence-corrected chi connectivity index (χ3v) is 3.19. The van der Waals surface area contributed by atoms with Gasteiger partial charge in [-0.15, -0.1) is 0 Å². The normalized spacial score (nSPS) is 24.5. The van der Waals surface area contributed by atoms with E-state index in [0.29, 0.717) is 5.92 Å². The summed E-state index contributed by atoms with van der Waals surface area (Å²) in [6.07, 6.45) is 1.02. The number of hydrogen-bond acceptors (Lipinski definition) is 2. The largest absolute Gasteiger partial charge is 0.356 e. The molecule has 1 aliphatic heterocycles. The molecule has 2 rings (SSSR count). The maximum atomic E-state index is 9.20.